The highest BCUT2D eigenvalue weighted by atomic mass is 32.2. The van der Waals surface area contributed by atoms with Gasteiger partial charge in [0.05, 0.1) is 12.6 Å². The lowest BCUT2D eigenvalue weighted by atomic mass is 10.2. The van der Waals surface area contributed by atoms with Crippen LogP contribution in [0.5, 0.6) is 0 Å². The fraction of sp³-hybridized carbons (Fsp3) is 0.261. The Morgan fingerprint density at radius 1 is 1.14 bits per heavy atom. The molecule has 0 radical (unpaired) electrons. The van der Waals surface area contributed by atoms with Crippen LogP contribution in [0.25, 0.3) is 0 Å². The van der Waals surface area contributed by atoms with Crippen LogP contribution >= 0.6 is 11.8 Å². The standard InChI is InChI=1S/C23H23FN2OS/c1-17-6-4-7-18(12-17)15-28-16-20-14-27-23(25-20)22-10-5-11-26(22)13-19-8-2-3-9-21(19)24/h2-12,20H,13-16H2,1H3/t20-/m1/s1. The van der Waals surface area contributed by atoms with Crippen molar-refractivity contribution in [2.75, 3.05) is 12.4 Å². The third kappa shape index (κ3) is 4.47. The van der Waals surface area contributed by atoms with E-state index in [2.05, 4.69) is 31.2 Å². The van der Waals surface area contributed by atoms with E-state index in [0.29, 0.717) is 24.6 Å². The molecule has 28 heavy (non-hydrogen) atoms. The molecule has 0 unspecified atom stereocenters. The molecular weight excluding hydrogens is 371 g/mol. The minimum Gasteiger partial charge on any atom is -0.474 e. The van der Waals surface area contributed by atoms with E-state index in [1.165, 1.54) is 17.2 Å². The van der Waals surface area contributed by atoms with Gasteiger partial charge in [-0.15, -0.1) is 0 Å². The Labute approximate surface area is 169 Å². The third-order valence-electron chi connectivity index (χ3n) is 4.72. The number of aryl methyl sites for hydroxylation is 1. The van der Waals surface area contributed by atoms with Crippen LogP contribution in [-0.4, -0.2) is 28.9 Å². The van der Waals surface area contributed by atoms with Crippen molar-refractivity contribution in [2.45, 2.75) is 25.3 Å². The van der Waals surface area contributed by atoms with Crippen molar-refractivity contribution < 1.29 is 9.13 Å². The molecule has 2 heterocycles. The van der Waals surface area contributed by atoms with Gasteiger partial charge < -0.3 is 9.30 Å². The number of aromatic nitrogens is 1. The Kier molecular flexibility index (Phi) is 5.81. The van der Waals surface area contributed by atoms with Crippen molar-refractivity contribution in [1.82, 2.24) is 4.57 Å². The number of aliphatic imine (C=N–C) groups is 1. The van der Waals surface area contributed by atoms with Gasteiger partial charge in [-0.05, 0) is 30.7 Å². The molecule has 1 aliphatic rings. The topological polar surface area (TPSA) is 26.5 Å². The summed E-state index contributed by atoms with van der Waals surface area (Å²) in [5.41, 5.74) is 4.18. The number of hydrogen-bond donors (Lipinski definition) is 0. The Bertz CT molecular complexity index is 982. The minimum absolute atomic E-state index is 0.154. The summed E-state index contributed by atoms with van der Waals surface area (Å²) in [4.78, 5) is 4.76. The van der Waals surface area contributed by atoms with Crippen molar-refractivity contribution in [2.24, 2.45) is 4.99 Å². The normalized spacial score (nSPS) is 16.1. The molecule has 0 saturated carbocycles. The molecule has 0 bridgehead atoms. The summed E-state index contributed by atoms with van der Waals surface area (Å²) in [5, 5.41) is 0. The van der Waals surface area contributed by atoms with E-state index in [0.717, 1.165) is 17.2 Å². The van der Waals surface area contributed by atoms with Gasteiger partial charge in [-0.3, -0.25) is 0 Å². The van der Waals surface area contributed by atoms with Crippen LogP contribution in [0, 0.1) is 12.7 Å². The fourth-order valence-corrected chi connectivity index (χ4v) is 4.29. The Morgan fingerprint density at radius 2 is 2.04 bits per heavy atom. The van der Waals surface area contributed by atoms with Gasteiger partial charge in [0.1, 0.15) is 18.1 Å². The van der Waals surface area contributed by atoms with E-state index in [9.17, 15) is 4.39 Å². The zero-order valence-electron chi connectivity index (χ0n) is 15.8. The molecular formula is C23H23FN2OS. The molecule has 0 aliphatic carbocycles. The molecule has 0 saturated heterocycles. The molecule has 0 N–H and O–H groups in total. The van der Waals surface area contributed by atoms with Crippen molar-refractivity contribution in [3.8, 4) is 0 Å². The predicted octanol–water partition coefficient (Wildman–Crippen LogP) is 5.06. The summed E-state index contributed by atoms with van der Waals surface area (Å²) < 4.78 is 21.8. The summed E-state index contributed by atoms with van der Waals surface area (Å²) in [6.07, 6.45) is 1.94. The zero-order valence-corrected chi connectivity index (χ0v) is 16.7. The molecule has 0 spiro atoms. The molecule has 2 aromatic carbocycles. The lowest BCUT2D eigenvalue weighted by molar-refractivity contribution is 0.323. The van der Waals surface area contributed by atoms with Crippen LogP contribution in [-0.2, 0) is 17.0 Å². The number of nitrogens with zero attached hydrogens (tertiary/aromatic N) is 2. The van der Waals surface area contributed by atoms with Crippen LogP contribution < -0.4 is 0 Å². The van der Waals surface area contributed by atoms with Crippen molar-refractivity contribution in [1.29, 1.82) is 0 Å². The monoisotopic (exact) mass is 394 g/mol. The third-order valence-corrected chi connectivity index (χ3v) is 5.88. The van der Waals surface area contributed by atoms with Crippen LogP contribution in [0.15, 0.2) is 71.9 Å². The number of hydrogen-bond acceptors (Lipinski definition) is 3. The van der Waals surface area contributed by atoms with Gasteiger partial charge in [0.15, 0.2) is 0 Å². The summed E-state index contributed by atoms with van der Waals surface area (Å²) in [6.45, 7) is 3.18. The summed E-state index contributed by atoms with van der Waals surface area (Å²) in [5.74, 6) is 2.36. The smallest absolute Gasteiger partial charge is 0.233 e. The maximum atomic E-state index is 14.0. The van der Waals surface area contributed by atoms with E-state index in [1.54, 1.807) is 12.1 Å². The second-order valence-electron chi connectivity index (χ2n) is 7.02. The summed E-state index contributed by atoms with van der Waals surface area (Å²) >= 11 is 1.88. The van der Waals surface area contributed by atoms with Gasteiger partial charge >= 0.3 is 0 Å². The number of benzene rings is 2. The lowest BCUT2D eigenvalue weighted by Crippen LogP contribution is -2.11. The maximum absolute atomic E-state index is 14.0. The molecule has 4 rings (SSSR count). The quantitative estimate of drug-likeness (QED) is 0.560. The second-order valence-corrected chi connectivity index (χ2v) is 8.05. The van der Waals surface area contributed by atoms with E-state index < -0.39 is 0 Å². The van der Waals surface area contributed by atoms with Gasteiger partial charge in [0, 0.05) is 23.3 Å². The average molecular weight is 395 g/mol. The van der Waals surface area contributed by atoms with Crippen molar-refractivity contribution >= 4 is 17.7 Å². The first-order chi connectivity index (χ1) is 13.7. The van der Waals surface area contributed by atoms with Gasteiger partial charge in [-0.1, -0.05) is 48.0 Å². The first-order valence-corrected chi connectivity index (χ1v) is 10.6. The molecule has 5 heteroatoms. The van der Waals surface area contributed by atoms with E-state index >= 15 is 0 Å². The number of halogens is 1. The van der Waals surface area contributed by atoms with Crippen molar-refractivity contribution in [3.63, 3.8) is 0 Å². The first-order valence-electron chi connectivity index (χ1n) is 9.42. The highest BCUT2D eigenvalue weighted by Crippen LogP contribution is 2.20. The highest BCUT2D eigenvalue weighted by molar-refractivity contribution is 7.98. The second kappa shape index (κ2) is 8.65. The average Bonchev–Trinajstić information content (AvgIpc) is 3.33. The molecule has 1 atom stereocenters. The van der Waals surface area contributed by atoms with E-state index in [-0.39, 0.29) is 11.9 Å². The molecule has 0 fully saturated rings. The number of rotatable bonds is 7. The molecule has 0 amide bonds. The number of thioether (sulfide) groups is 1. The first kappa shape index (κ1) is 18.8. The largest absolute Gasteiger partial charge is 0.474 e. The maximum Gasteiger partial charge on any atom is 0.233 e. The number of ether oxygens (including phenoxy) is 1. The molecule has 144 valence electrons. The fourth-order valence-electron chi connectivity index (χ4n) is 3.31. The Morgan fingerprint density at radius 3 is 2.89 bits per heavy atom. The molecule has 1 aromatic heterocycles. The SMILES string of the molecule is Cc1cccc(CSC[C@H]2COC(c3cccn3Cc3ccccc3F)=N2)c1. The lowest BCUT2D eigenvalue weighted by Gasteiger charge is -2.09. The van der Waals surface area contributed by atoms with E-state index in [4.69, 9.17) is 9.73 Å². The van der Waals surface area contributed by atoms with Crippen LogP contribution in [0.1, 0.15) is 22.4 Å². The van der Waals surface area contributed by atoms with Gasteiger partial charge in [-0.25, -0.2) is 9.38 Å². The van der Waals surface area contributed by atoms with Crippen LogP contribution in [0.4, 0.5) is 4.39 Å². The van der Waals surface area contributed by atoms with Crippen molar-refractivity contribution in [3.05, 3.63) is 95.1 Å². The van der Waals surface area contributed by atoms with E-state index in [1.807, 2.05) is 40.7 Å². The molecule has 3 nitrogen and oxygen atoms in total. The van der Waals surface area contributed by atoms with Gasteiger partial charge in [0.25, 0.3) is 0 Å². The highest BCUT2D eigenvalue weighted by Gasteiger charge is 2.22. The van der Waals surface area contributed by atoms with Crippen LogP contribution in [0.3, 0.4) is 0 Å². The van der Waals surface area contributed by atoms with Crippen LogP contribution in [0.2, 0.25) is 0 Å². The van der Waals surface area contributed by atoms with Gasteiger partial charge in [-0.2, -0.15) is 11.8 Å². The molecule has 1 aliphatic heterocycles. The minimum atomic E-state index is -0.193. The summed E-state index contributed by atoms with van der Waals surface area (Å²) in [6, 6.07) is 19.5. The van der Waals surface area contributed by atoms with Gasteiger partial charge in [0.2, 0.25) is 5.90 Å². The summed E-state index contributed by atoms with van der Waals surface area (Å²) in [7, 11) is 0. The Balaban J connectivity index is 1.38. The predicted molar refractivity (Wildman–Crippen MR) is 114 cm³/mol. The zero-order chi connectivity index (χ0) is 19.3. The molecule has 3 aromatic rings. The Hall–Kier alpha value is -2.53.